The third-order valence-corrected chi connectivity index (χ3v) is 7.35. The molecule has 1 aliphatic heterocycles. The van der Waals surface area contributed by atoms with Crippen molar-refractivity contribution in [3.05, 3.63) is 12.2 Å². The van der Waals surface area contributed by atoms with Gasteiger partial charge in [-0.3, -0.25) is 9.36 Å². The van der Waals surface area contributed by atoms with Crippen LogP contribution >= 0.6 is 0 Å². The highest BCUT2D eigenvalue weighted by molar-refractivity contribution is 5.83. The van der Waals surface area contributed by atoms with Crippen molar-refractivity contribution >= 4 is 22.9 Å². The normalized spacial score (nSPS) is 37.3. The second-order valence-electron chi connectivity index (χ2n) is 9.72. The van der Waals surface area contributed by atoms with Crippen molar-refractivity contribution in [1.29, 1.82) is 0 Å². The number of ether oxygens (including phenoxy) is 1. The number of imidazole rings is 1. The van der Waals surface area contributed by atoms with E-state index >= 15 is 0 Å². The lowest BCUT2D eigenvalue weighted by molar-refractivity contribution is -0.137. The second-order valence-corrected chi connectivity index (χ2v) is 9.72. The minimum atomic E-state index is -1.41. The third kappa shape index (κ3) is 3.45. The molecule has 1 amide bonds. The standard InChI is InChI=1S/C22H26N6O5/c23-18-14-19(27-13(26-18)5-6-22(32)8-10-1-2-11(22)7-10)28(9-24-14)21-16(30)15(29)17(33-21)20(31)25-12-3-4-12/h9-12,15-17,21,29-30,32H,1-4,7-8H2,(H,25,31)(H2,23,26,27)/t10?,11?,15-,16+,17-,21?,22?/m0/s1. The highest BCUT2D eigenvalue weighted by atomic mass is 16.6. The van der Waals surface area contributed by atoms with Gasteiger partial charge >= 0.3 is 0 Å². The van der Waals surface area contributed by atoms with Crippen LogP contribution in [0.4, 0.5) is 5.82 Å². The Kier molecular flexibility index (Phi) is 4.64. The minimum absolute atomic E-state index is 0.0946. The summed E-state index contributed by atoms with van der Waals surface area (Å²) in [5.41, 5.74) is 5.58. The molecule has 6 rings (SSSR count). The van der Waals surface area contributed by atoms with E-state index in [1.165, 1.54) is 10.9 Å². The molecule has 3 saturated carbocycles. The maximum absolute atomic E-state index is 12.4. The molecule has 0 aromatic carbocycles. The molecule has 174 valence electrons. The molecule has 3 aliphatic carbocycles. The second kappa shape index (κ2) is 7.36. The van der Waals surface area contributed by atoms with Gasteiger partial charge in [-0.05, 0) is 56.3 Å². The summed E-state index contributed by atoms with van der Waals surface area (Å²) in [5.74, 6) is 6.27. The van der Waals surface area contributed by atoms with Crippen molar-refractivity contribution in [3.8, 4) is 11.8 Å². The lowest BCUT2D eigenvalue weighted by Crippen LogP contribution is -2.43. The molecule has 2 bridgehead atoms. The van der Waals surface area contributed by atoms with Gasteiger partial charge in [-0.2, -0.15) is 0 Å². The third-order valence-electron chi connectivity index (χ3n) is 7.35. The number of fused-ring (bicyclic) bond motifs is 3. The van der Waals surface area contributed by atoms with E-state index < -0.39 is 36.0 Å². The lowest BCUT2D eigenvalue weighted by atomic mass is 9.85. The summed E-state index contributed by atoms with van der Waals surface area (Å²) >= 11 is 0. The number of aliphatic hydroxyl groups excluding tert-OH is 2. The van der Waals surface area contributed by atoms with Crippen LogP contribution < -0.4 is 11.1 Å². The van der Waals surface area contributed by atoms with Crippen LogP contribution in [0.3, 0.4) is 0 Å². The highest BCUT2D eigenvalue weighted by Gasteiger charge is 2.50. The smallest absolute Gasteiger partial charge is 0.252 e. The average Bonchev–Trinajstić information content (AvgIpc) is 3.11. The summed E-state index contributed by atoms with van der Waals surface area (Å²) in [5, 5.41) is 34.7. The molecule has 11 heteroatoms. The van der Waals surface area contributed by atoms with Crippen LogP contribution in [-0.2, 0) is 9.53 Å². The summed E-state index contributed by atoms with van der Waals surface area (Å²) in [4.78, 5) is 25.3. The molecule has 33 heavy (non-hydrogen) atoms. The fraction of sp³-hybridized carbons (Fsp3) is 0.636. The van der Waals surface area contributed by atoms with Gasteiger partial charge in [0, 0.05) is 6.04 Å². The molecule has 7 atom stereocenters. The summed E-state index contributed by atoms with van der Waals surface area (Å²) in [6.45, 7) is 0. The largest absolute Gasteiger partial charge is 0.387 e. The molecule has 1 saturated heterocycles. The van der Waals surface area contributed by atoms with Gasteiger partial charge in [-0.15, -0.1) is 0 Å². The van der Waals surface area contributed by atoms with Crippen LogP contribution in [0.1, 0.15) is 50.6 Å². The van der Waals surface area contributed by atoms with Crippen LogP contribution in [0.15, 0.2) is 6.33 Å². The number of hydrogen-bond donors (Lipinski definition) is 5. The summed E-state index contributed by atoms with van der Waals surface area (Å²) < 4.78 is 7.15. The van der Waals surface area contributed by atoms with Crippen molar-refractivity contribution in [1.82, 2.24) is 24.8 Å². The fourth-order valence-corrected chi connectivity index (χ4v) is 5.42. The zero-order valence-electron chi connectivity index (χ0n) is 17.9. The monoisotopic (exact) mass is 454 g/mol. The predicted molar refractivity (Wildman–Crippen MR) is 114 cm³/mol. The molecule has 3 heterocycles. The number of nitrogens with two attached hydrogens (primary N) is 1. The van der Waals surface area contributed by atoms with E-state index in [0.29, 0.717) is 12.3 Å². The number of rotatable bonds is 3. The summed E-state index contributed by atoms with van der Waals surface area (Å²) in [6.07, 6.45) is 1.83. The van der Waals surface area contributed by atoms with Crippen molar-refractivity contribution in [2.75, 3.05) is 5.73 Å². The Bertz CT molecular complexity index is 1190. The molecule has 11 nitrogen and oxygen atoms in total. The van der Waals surface area contributed by atoms with E-state index in [1.54, 1.807) is 0 Å². The number of nitrogens with one attached hydrogen (secondary N) is 1. The van der Waals surface area contributed by atoms with Gasteiger partial charge in [0.15, 0.2) is 23.8 Å². The quantitative estimate of drug-likeness (QED) is 0.373. The molecule has 0 radical (unpaired) electrons. The Labute approximate surface area is 189 Å². The van der Waals surface area contributed by atoms with Crippen LogP contribution in [0.25, 0.3) is 11.2 Å². The number of carbonyl (C=O) groups is 1. The Morgan fingerprint density at radius 3 is 2.76 bits per heavy atom. The summed E-state index contributed by atoms with van der Waals surface area (Å²) in [7, 11) is 0. The minimum Gasteiger partial charge on any atom is -0.387 e. The first kappa shape index (κ1) is 20.8. The van der Waals surface area contributed by atoms with Gasteiger partial charge in [0.1, 0.15) is 23.3 Å². The number of carbonyl (C=O) groups excluding carboxylic acids is 1. The molecule has 4 fully saturated rings. The number of aromatic nitrogens is 4. The van der Waals surface area contributed by atoms with Crippen LogP contribution in [0.5, 0.6) is 0 Å². The van der Waals surface area contributed by atoms with Crippen molar-refractivity contribution in [3.63, 3.8) is 0 Å². The molecule has 2 aromatic rings. The summed E-state index contributed by atoms with van der Waals surface area (Å²) in [6, 6.07) is 0.0946. The number of nitrogen functional groups attached to an aromatic ring is 1. The van der Waals surface area contributed by atoms with Crippen LogP contribution in [0.2, 0.25) is 0 Å². The lowest BCUT2D eigenvalue weighted by Gasteiger charge is -2.26. The zero-order chi connectivity index (χ0) is 22.9. The first-order chi connectivity index (χ1) is 15.8. The van der Waals surface area contributed by atoms with Gasteiger partial charge in [-0.25, -0.2) is 15.0 Å². The molecular formula is C22H26N6O5. The first-order valence-electron chi connectivity index (χ1n) is 11.4. The van der Waals surface area contributed by atoms with Crippen LogP contribution in [-0.4, -0.2) is 70.7 Å². The van der Waals surface area contributed by atoms with Crippen LogP contribution in [0, 0.1) is 23.7 Å². The van der Waals surface area contributed by atoms with E-state index in [1.807, 2.05) is 0 Å². The number of amides is 1. The average molecular weight is 454 g/mol. The predicted octanol–water partition coefficient (Wildman–Crippen LogP) is -0.791. The molecule has 2 aromatic heterocycles. The number of nitrogens with zero attached hydrogens (tertiary/aromatic N) is 4. The Morgan fingerprint density at radius 1 is 1.24 bits per heavy atom. The maximum atomic E-state index is 12.4. The number of aliphatic hydroxyl groups is 3. The van der Waals surface area contributed by atoms with E-state index in [-0.39, 0.29) is 34.8 Å². The van der Waals surface area contributed by atoms with Crippen molar-refractivity contribution in [2.24, 2.45) is 11.8 Å². The SMILES string of the molecule is Nc1nc(C#CC2(O)CC3CCC2C3)nc2c1ncn2C1O[C@H](C(=O)NC2CC2)[C@@H](O)[C@H]1O. The maximum Gasteiger partial charge on any atom is 0.252 e. The molecule has 6 N–H and O–H groups in total. The van der Waals surface area contributed by atoms with Gasteiger partial charge in [0.05, 0.1) is 6.33 Å². The Balaban J connectivity index is 1.30. The first-order valence-corrected chi connectivity index (χ1v) is 11.4. The molecule has 4 aliphatic rings. The van der Waals surface area contributed by atoms with Gasteiger partial charge in [0.25, 0.3) is 5.91 Å². The van der Waals surface area contributed by atoms with E-state index in [4.69, 9.17) is 10.5 Å². The molecule has 4 unspecified atom stereocenters. The highest BCUT2D eigenvalue weighted by Crippen LogP contribution is 2.50. The molecular weight excluding hydrogens is 428 g/mol. The van der Waals surface area contributed by atoms with E-state index in [2.05, 4.69) is 32.1 Å². The Morgan fingerprint density at radius 2 is 2.06 bits per heavy atom. The fourth-order valence-electron chi connectivity index (χ4n) is 5.42. The van der Waals surface area contributed by atoms with Crippen molar-refractivity contribution in [2.45, 2.75) is 74.7 Å². The van der Waals surface area contributed by atoms with Gasteiger partial charge < -0.3 is 31.1 Å². The Hall–Kier alpha value is -2.78. The van der Waals surface area contributed by atoms with Gasteiger partial charge in [-0.1, -0.05) is 5.92 Å². The van der Waals surface area contributed by atoms with E-state index in [9.17, 15) is 20.1 Å². The number of hydrogen-bond acceptors (Lipinski definition) is 9. The van der Waals surface area contributed by atoms with Crippen molar-refractivity contribution < 1.29 is 24.9 Å². The van der Waals surface area contributed by atoms with E-state index in [0.717, 1.165) is 32.1 Å². The topological polar surface area (TPSA) is 169 Å². The zero-order valence-corrected chi connectivity index (χ0v) is 17.9. The molecule has 0 spiro atoms. The number of anilines is 1. The van der Waals surface area contributed by atoms with Gasteiger partial charge in [0.2, 0.25) is 5.82 Å².